The summed E-state index contributed by atoms with van der Waals surface area (Å²) in [5, 5.41) is 2.81. The van der Waals surface area contributed by atoms with Crippen LogP contribution >= 0.6 is 11.8 Å². The molecule has 0 aliphatic rings. The van der Waals surface area contributed by atoms with Crippen molar-refractivity contribution in [1.29, 1.82) is 0 Å². The first kappa shape index (κ1) is 22.0. The molecule has 6 heteroatoms. The first-order chi connectivity index (χ1) is 13.3. The standard InChI is InChI=1S/C22H26FNO3S/c1-15(2)12-17-8-10-18(11-9-17)16(3)24-21(25)13-27-22(26)14-28-20-7-5-4-6-19(20)23/h4-11,15-16H,12-14H2,1-3H3,(H,24,25)/t16-/m1/s1. The second-order valence-corrected chi connectivity index (χ2v) is 8.03. The summed E-state index contributed by atoms with van der Waals surface area (Å²) in [6, 6.07) is 14.1. The quantitative estimate of drug-likeness (QED) is 0.493. The van der Waals surface area contributed by atoms with Gasteiger partial charge in [0.1, 0.15) is 5.82 Å². The molecule has 0 saturated carbocycles. The highest BCUT2D eigenvalue weighted by molar-refractivity contribution is 8.00. The molecule has 0 spiro atoms. The maximum atomic E-state index is 13.5. The van der Waals surface area contributed by atoms with Gasteiger partial charge in [-0.2, -0.15) is 0 Å². The Morgan fingerprint density at radius 3 is 2.39 bits per heavy atom. The van der Waals surface area contributed by atoms with Gasteiger partial charge in [0.25, 0.3) is 5.91 Å². The fraction of sp³-hybridized carbons (Fsp3) is 0.364. The lowest BCUT2D eigenvalue weighted by Gasteiger charge is -2.15. The Kier molecular flexibility index (Phi) is 8.51. The lowest BCUT2D eigenvalue weighted by molar-refractivity contribution is -0.146. The molecule has 1 atom stereocenters. The predicted octanol–water partition coefficient (Wildman–Crippen LogP) is 4.54. The largest absolute Gasteiger partial charge is 0.455 e. The summed E-state index contributed by atoms with van der Waals surface area (Å²) in [6.45, 7) is 5.87. The molecule has 0 aromatic heterocycles. The van der Waals surface area contributed by atoms with Crippen molar-refractivity contribution in [3.05, 3.63) is 65.5 Å². The number of rotatable bonds is 9. The Bertz CT molecular complexity index is 793. The first-order valence-corrected chi connectivity index (χ1v) is 10.2. The molecular formula is C22H26FNO3S. The number of hydrogen-bond donors (Lipinski definition) is 1. The maximum absolute atomic E-state index is 13.5. The van der Waals surface area contributed by atoms with Crippen LogP contribution in [0.5, 0.6) is 0 Å². The average Bonchev–Trinajstić information content (AvgIpc) is 2.65. The monoisotopic (exact) mass is 403 g/mol. The van der Waals surface area contributed by atoms with Gasteiger partial charge in [0.15, 0.2) is 6.61 Å². The molecule has 0 saturated heterocycles. The number of nitrogens with one attached hydrogen (secondary N) is 1. The summed E-state index contributed by atoms with van der Waals surface area (Å²) in [5.74, 6) is -0.779. The molecule has 2 rings (SSSR count). The van der Waals surface area contributed by atoms with E-state index < -0.39 is 5.97 Å². The van der Waals surface area contributed by atoms with Gasteiger partial charge in [-0.25, -0.2) is 4.39 Å². The van der Waals surface area contributed by atoms with Crippen molar-refractivity contribution in [2.24, 2.45) is 5.92 Å². The second kappa shape index (κ2) is 10.9. The Labute approximate surface area is 169 Å². The number of halogens is 1. The van der Waals surface area contributed by atoms with Gasteiger partial charge in [0.05, 0.1) is 11.8 Å². The van der Waals surface area contributed by atoms with E-state index in [1.165, 1.54) is 11.6 Å². The van der Waals surface area contributed by atoms with Crippen LogP contribution in [-0.2, 0) is 20.7 Å². The van der Waals surface area contributed by atoms with Gasteiger partial charge in [0.2, 0.25) is 0 Å². The van der Waals surface area contributed by atoms with Gasteiger partial charge >= 0.3 is 5.97 Å². The van der Waals surface area contributed by atoms with Crippen LogP contribution in [-0.4, -0.2) is 24.2 Å². The van der Waals surface area contributed by atoms with Crippen LogP contribution in [0.15, 0.2) is 53.4 Å². The maximum Gasteiger partial charge on any atom is 0.316 e. The van der Waals surface area contributed by atoms with E-state index in [9.17, 15) is 14.0 Å². The molecule has 2 aromatic carbocycles. The van der Waals surface area contributed by atoms with Crippen molar-refractivity contribution in [2.45, 2.75) is 38.1 Å². The molecule has 28 heavy (non-hydrogen) atoms. The summed E-state index contributed by atoms with van der Waals surface area (Å²) in [5.41, 5.74) is 2.25. The minimum atomic E-state index is -0.561. The predicted molar refractivity (Wildman–Crippen MR) is 110 cm³/mol. The Morgan fingerprint density at radius 1 is 1.07 bits per heavy atom. The van der Waals surface area contributed by atoms with Gasteiger partial charge < -0.3 is 10.1 Å². The van der Waals surface area contributed by atoms with Crippen LogP contribution < -0.4 is 5.32 Å². The van der Waals surface area contributed by atoms with Gasteiger partial charge in [-0.1, -0.05) is 50.2 Å². The molecule has 1 amide bonds. The van der Waals surface area contributed by atoms with Crippen LogP contribution in [0.25, 0.3) is 0 Å². The highest BCUT2D eigenvalue weighted by Crippen LogP contribution is 2.21. The summed E-state index contributed by atoms with van der Waals surface area (Å²) >= 11 is 1.04. The van der Waals surface area contributed by atoms with E-state index >= 15 is 0 Å². The van der Waals surface area contributed by atoms with Crippen molar-refractivity contribution < 1.29 is 18.7 Å². The zero-order valence-corrected chi connectivity index (χ0v) is 17.2. The normalized spacial score (nSPS) is 11.9. The lowest BCUT2D eigenvalue weighted by atomic mass is 10.00. The summed E-state index contributed by atoms with van der Waals surface area (Å²) in [4.78, 5) is 24.2. The number of esters is 1. The molecule has 0 bridgehead atoms. The molecule has 0 aliphatic heterocycles. The number of ether oxygens (including phenoxy) is 1. The van der Waals surface area contributed by atoms with Crippen molar-refractivity contribution in [3.8, 4) is 0 Å². The molecule has 0 unspecified atom stereocenters. The minimum absolute atomic E-state index is 0.0545. The topological polar surface area (TPSA) is 55.4 Å². The van der Waals surface area contributed by atoms with E-state index in [2.05, 4.69) is 31.3 Å². The van der Waals surface area contributed by atoms with E-state index in [-0.39, 0.29) is 30.1 Å². The molecule has 0 aliphatic carbocycles. The van der Waals surface area contributed by atoms with Crippen LogP contribution in [0.1, 0.15) is 37.9 Å². The third-order valence-corrected chi connectivity index (χ3v) is 5.07. The Balaban J connectivity index is 1.73. The molecule has 0 radical (unpaired) electrons. The molecule has 2 aromatic rings. The SMILES string of the molecule is CC(C)Cc1ccc([C@@H](C)NC(=O)COC(=O)CSc2ccccc2F)cc1. The zero-order chi connectivity index (χ0) is 20.5. The van der Waals surface area contributed by atoms with Gasteiger partial charge in [0, 0.05) is 4.90 Å². The fourth-order valence-electron chi connectivity index (χ4n) is 2.67. The number of amides is 1. The average molecular weight is 404 g/mol. The van der Waals surface area contributed by atoms with Crippen molar-refractivity contribution in [1.82, 2.24) is 5.32 Å². The number of carbonyl (C=O) groups is 2. The highest BCUT2D eigenvalue weighted by atomic mass is 32.2. The van der Waals surface area contributed by atoms with Crippen molar-refractivity contribution >= 4 is 23.6 Å². The van der Waals surface area contributed by atoms with E-state index in [0.717, 1.165) is 23.7 Å². The van der Waals surface area contributed by atoms with E-state index in [4.69, 9.17) is 4.74 Å². The first-order valence-electron chi connectivity index (χ1n) is 9.26. The zero-order valence-electron chi connectivity index (χ0n) is 16.4. The number of carbonyl (C=O) groups excluding carboxylic acids is 2. The third-order valence-electron chi connectivity index (χ3n) is 4.05. The molecular weight excluding hydrogens is 377 g/mol. The van der Waals surface area contributed by atoms with Crippen LogP contribution in [0, 0.1) is 11.7 Å². The van der Waals surface area contributed by atoms with E-state index in [0.29, 0.717) is 10.8 Å². The fourth-order valence-corrected chi connectivity index (χ4v) is 3.40. The number of hydrogen-bond acceptors (Lipinski definition) is 4. The minimum Gasteiger partial charge on any atom is -0.455 e. The molecule has 150 valence electrons. The molecule has 0 heterocycles. The van der Waals surface area contributed by atoms with Crippen LogP contribution in [0.4, 0.5) is 4.39 Å². The highest BCUT2D eigenvalue weighted by Gasteiger charge is 2.13. The van der Waals surface area contributed by atoms with Gasteiger partial charge in [-0.3, -0.25) is 9.59 Å². The lowest BCUT2D eigenvalue weighted by Crippen LogP contribution is -2.31. The van der Waals surface area contributed by atoms with Gasteiger partial charge in [-0.05, 0) is 42.5 Å². The molecule has 1 N–H and O–H groups in total. The summed E-state index contributed by atoms with van der Waals surface area (Å²) in [7, 11) is 0. The Morgan fingerprint density at radius 2 is 1.75 bits per heavy atom. The summed E-state index contributed by atoms with van der Waals surface area (Å²) in [6.07, 6.45) is 1.02. The third kappa shape index (κ3) is 7.35. The van der Waals surface area contributed by atoms with Crippen LogP contribution in [0.3, 0.4) is 0 Å². The van der Waals surface area contributed by atoms with Crippen LogP contribution in [0.2, 0.25) is 0 Å². The van der Waals surface area contributed by atoms with E-state index in [1.807, 2.05) is 19.1 Å². The van der Waals surface area contributed by atoms with E-state index in [1.54, 1.807) is 18.2 Å². The molecule has 0 fully saturated rings. The second-order valence-electron chi connectivity index (χ2n) is 7.01. The number of benzene rings is 2. The van der Waals surface area contributed by atoms with Crippen molar-refractivity contribution in [2.75, 3.05) is 12.4 Å². The summed E-state index contributed by atoms with van der Waals surface area (Å²) < 4.78 is 18.5. The Hall–Kier alpha value is -2.34. The smallest absolute Gasteiger partial charge is 0.316 e. The van der Waals surface area contributed by atoms with Crippen molar-refractivity contribution in [3.63, 3.8) is 0 Å². The molecule has 4 nitrogen and oxygen atoms in total. The van der Waals surface area contributed by atoms with Gasteiger partial charge in [-0.15, -0.1) is 11.8 Å². The number of thioether (sulfide) groups is 1.